The van der Waals surface area contributed by atoms with Crippen LogP contribution in [0.3, 0.4) is 0 Å². The molecule has 1 aromatic rings. The van der Waals surface area contributed by atoms with E-state index in [9.17, 15) is 0 Å². The third kappa shape index (κ3) is 4.02. The van der Waals surface area contributed by atoms with Gasteiger partial charge in [-0.25, -0.2) is 0 Å². The third-order valence-electron chi connectivity index (χ3n) is 2.71. The Morgan fingerprint density at radius 1 is 1.00 bits per heavy atom. The second-order valence-electron chi connectivity index (χ2n) is 3.84. The molecule has 1 aromatic carbocycles. The van der Waals surface area contributed by atoms with Crippen molar-refractivity contribution in [1.29, 1.82) is 0 Å². The maximum Gasteiger partial charge on any atom is 0.164 e. The van der Waals surface area contributed by atoms with E-state index >= 15 is 0 Å². The number of hydrogen-bond donors (Lipinski definition) is 0. The summed E-state index contributed by atoms with van der Waals surface area (Å²) in [6.07, 6.45) is -0.182. The Morgan fingerprint density at radius 3 is 1.94 bits per heavy atom. The van der Waals surface area contributed by atoms with Gasteiger partial charge in [-0.15, -0.1) is 0 Å². The van der Waals surface area contributed by atoms with Crippen molar-refractivity contribution in [3.63, 3.8) is 0 Å². The Bertz CT molecular complexity index is 302. The molecule has 0 heterocycles. The zero-order valence-corrected chi connectivity index (χ0v) is 11.1. The number of methoxy groups -OCH3 is 1. The number of ether oxygens (including phenoxy) is 3. The lowest BCUT2D eigenvalue weighted by Crippen LogP contribution is -2.24. The maximum atomic E-state index is 5.60. The van der Waals surface area contributed by atoms with Crippen LogP contribution in [-0.4, -0.2) is 26.6 Å². The van der Waals surface area contributed by atoms with Crippen molar-refractivity contribution < 1.29 is 14.2 Å². The van der Waals surface area contributed by atoms with E-state index in [1.165, 1.54) is 5.56 Å². The van der Waals surface area contributed by atoms with Gasteiger partial charge < -0.3 is 14.2 Å². The average Bonchev–Trinajstić information content (AvgIpc) is 2.38. The summed E-state index contributed by atoms with van der Waals surface area (Å²) in [6, 6.07) is 8.02. The Balaban J connectivity index is 2.73. The molecule has 0 aromatic heterocycles. The minimum absolute atomic E-state index is 0.182. The summed E-state index contributed by atoms with van der Waals surface area (Å²) >= 11 is 0. The Labute approximate surface area is 104 Å². The van der Waals surface area contributed by atoms with Crippen LogP contribution < -0.4 is 4.74 Å². The second-order valence-corrected chi connectivity index (χ2v) is 3.84. The zero-order valence-electron chi connectivity index (χ0n) is 11.1. The Kier molecular flexibility index (Phi) is 6.01. The van der Waals surface area contributed by atoms with Crippen molar-refractivity contribution in [3.05, 3.63) is 29.8 Å². The van der Waals surface area contributed by atoms with E-state index in [2.05, 4.69) is 19.1 Å². The highest BCUT2D eigenvalue weighted by Crippen LogP contribution is 2.24. The molecular weight excluding hydrogens is 216 g/mol. The molecule has 0 aliphatic rings. The summed E-state index contributed by atoms with van der Waals surface area (Å²) in [7, 11) is 1.67. The highest BCUT2D eigenvalue weighted by Gasteiger charge is 2.19. The van der Waals surface area contributed by atoms with Gasteiger partial charge in [0.1, 0.15) is 5.75 Å². The molecule has 0 saturated carbocycles. The molecule has 3 heteroatoms. The fourth-order valence-electron chi connectivity index (χ4n) is 1.73. The van der Waals surface area contributed by atoms with Gasteiger partial charge in [-0.2, -0.15) is 0 Å². The second kappa shape index (κ2) is 7.30. The van der Waals surface area contributed by atoms with Gasteiger partial charge in [0.2, 0.25) is 0 Å². The van der Waals surface area contributed by atoms with Crippen LogP contribution in [0.4, 0.5) is 0 Å². The minimum atomic E-state index is -0.182. The van der Waals surface area contributed by atoms with Gasteiger partial charge in [0.15, 0.2) is 6.29 Å². The molecule has 0 aliphatic carbocycles. The SMILES string of the molecule is CCOC(OCC)C(C)c1ccc(OC)cc1. The zero-order chi connectivity index (χ0) is 12.7. The maximum absolute atomic E-state index is 5.60. The molecule has 1 atom stereocenters. The molecule has 1 unspecified atom stereocenters. The summed E-state index contributed by atoms with van der Waals surface area (Å²) in [5, 5.41) is 0. The van der Waals surface area contributed by atoms with Gasteiger partial charge in [-0.3, -0.25) is 0 Å². The van der Waals surface area contributed by atoms with Gasteiger partial charge in [0.25, 0.3) is 0 Å². The highest BCUT2D eigenvalue weighted by molar-refractivity contribution is 5.29. The van der Waals surface area contributed by atoms with Crippen LogP contribution in [0, 0.1) is 0 Å². The van der Waals surface area contributed by atoms with E-state index < -0.39 is 0 Å². The van der Waals surface area contributed by atoms with Gasteiger partial charge in [0.05, 0.1) is 7.11 Å². The number of benzene rings is 1. The first-order chi connectivity index (χ1) is 8.22. The quantitative estimate of drug-likeness (QED) is 0.683. The molecule has 96 valence electrons. The highest BCUT2D eigenvalue weighted by atomic mass is 16.7. The fraction of sp³-hybridized carbons (Fsp3) is 0.571. The van der Waals surface area contributed by atoms with Crippen LogP contribution in [0.5, 0.6) is 5.75 Å². The van der Waals surface area contributed by atoms with Crippen molar-refractivity contribution in [2.75, 3.05) is 20.3 Å². The van der Waals surface area contributed by atoms with E-state index in [0.717, 1.165) is 5.75 Å². The van der Waals surface area contributed by atoms with Crippen LogP contribution in [0.2, 0.25) is 0 Å². The smallest absolute Gasteiger partial charge is 0.164 e. The molecule has 1 rings (SSSR count). The summed E-state index contributed by atoms with van der Waals surface area (Å²) in [4.78, 5) is 0. The fourth-order valence-corrected chi connectivity index (χ4v) is 1.73. The number of hydrogen-bond acceptors (Lipinski definition) is 3. The molecule has 0 N–H and O–H groups in total. The van der Waals surface area contributed by atoms with Crippen LogP contribution in [0.1, 0.15) is 32.3 Å². The van der Waals surface area contributed by atoms with Crippen molar-refractivity contribution in [2.45, 2.75) is 33.0 Å². The lowest BCUT2D eigenvalue weighted by Gasteiger charge is -2.24. The first-order valence-electron chi connectivity index (χ1n) is 6.10. The topological polar surface area (TPSA) is 27.7 Å². The average molecular weight is 238 g/mol. The summed E-state index contributed by atoms with van der Waals surface area (Å²) in [5.41, 5.74) is 1.19. The van der Waals surface area contributed by atoms with E-state index in [0.29, 0.717) is 13.2 Å². The molecule has 0 aliphatic heterocycles. The van der Waals surface area contributed by atoms with E-state index in [4.69, 9.17) is 14.2 Å². The van der Waals surface area contributed by atoms with Crippen molar-refractivity contribution in [3.8, 4) is 5.75 Å². The van der Waals surface area contributed by atoms with Crippen molar-refractivity contribution >= 4 is 0 Å². The standard InChI is InChI=1S/C14H22O3/c1-5-16-14(17-6-2)11(3)12-7-9-13(15-4)10-8-12/h7-11,14H,5-6H2,1-4H3. The minimum Gasteiger partial charge on any atom is -0.497 e. The molecule has 0 bridgehead atoms. The van der Waals surface area contributed by atoms with Gasteiger partial charge in [0, 0.05) is 19.1 Å². The first-order valence-corrected chi connectivity index (χ1v) is 6.10. The number of rotatable bonds is 7. The molecule has 0 radical (unpaired) electrons. The van der Waals surface area contributed by atoms with E-state index in [-0.39, 0.29) is 12.2 Å². The van der Waals surface area contributed by atoms with E-state index in [1.807, 2.05) is 26.0 Å². The van der Waals surface area contributed by atoms with Crippen LogP contribution in [-0.2, 0) is 9.47 Å². The Morgan fingerprint density at radius 2 is 1.53 bits per heavy atom. The third-order valence-corrected chi connectivity index (χ3v) is 2.71. The molecular formula is C14H22O3. The van der Waals surface area contributed by atoms with Crippen molar-refractivity contribution in [1.82, 2.24) is 0 Å². The summed E-state index contributed by atoms with van der Waals surface area (Å²) < 4.78 is 16.3. The van der Waals surface area contributed by atoms with Crippen molar-refractivity contribution in [2.24, 2.45) is 0 Å². The van der Waals surface area contributed by atoms with Crippen LogP contribution in [0.25, 0.3) is 0 Å². The molecule has 17 heavy (non-hydrogen) atoms. The monoisotopic (exact) mass is 238 g/mol. The molecule has 0 saturated heterocycles. The van der Waals surface area contributed by atoms with Crippen LogP contribution >= 0.6 is 0 Å². The van der Waals surface area contributed by atoms with Gasteiger partial charge in [-0.05, 0) is 31.5 Å². The predicted molar refractivity (Wildman–Crippen MR) is 68.4 cm³/mol. The van der Waals surface area contributed by atoms with E-state index in [1.54, 1.807) is 7.11 Å². The van der Waals surface area contributed by atoms with Gasteiger partial charge in [-0.1, -0.05) is 19.1 Å². The Hall–Kier alpha value is -1.06. The largest absolute Gasteiger partial charge is 0.497 e. The molecule has 3 nitrogen and oxygen atoms in total. The predicted octanol–water partition coefficient (Wildman–Crippen LogP) is 3.20. The molecule has 0 amide bonds. The molecule has 0 fully saturated rings. The lowest BCUT2D eigenvalue weighted by atomic mass is 10.0. The summed E-state index contributed by atoms with van der Waals surface area (Å²) in [5.74, 6) is 1.08. The lowest BCUT2D eigenvalue weighted by molar-refractivity contribution is -0.147. The van der Waals surface area contributed by atoms with Gasteiger partial charge >= 0.3 is 0 Å². The van der Waals surface area contributed by atoms with Crippen LogP contribution in [0.15, 0.2) is 24.3 Å². The normalized spacial score (nSPS) is 12.8. The summed E-state index contributed by atoms with van der Waals surface area (Å²) in [6.45, 7) is 7.38. The molecule has 0 spiro atoms. The first kappa shape index (κ1) is 14.0.